The standard InChI is InChI=1S/C18H30F4O6S2/c1-5-25-13(23)11-29-15(27-7-3)9-17(19,20)18(21,22)10-16(28-8-4)30-12-14(24)26-6-2/h15-16H,5-12H2,1-4H3. The lowest BCUT2D eigenvalue weighted by Crippen LogP contribution is -2.45. The average Bonchev–Trinajstić information content (AvgIpc) is 2.64. The van der Waals surface area contributed by atoms with Crippen LogP contribution in [-0.2, 0) is 28.5 Å². The molecule has 30 heavy (non-hydrogen) atoms. The molecular weight excluding hydrogens is 452 g/mol. The number of ether oxygens (including phenoxy) is 4. The molecule has 178 valence electrons. The first kappa shape index (κ1) is 29.3. The van der Waals surface area contributed by atoms with Crippen LogP contribution in [0.2, 0.25) is 0 Å². The fourth-order valence-corrected chi connectivity index (χ4v) is 4.08. The van der Waals surface area contributed by atoms with Gasteiger partial charge in [-0.25, -0.2) is 0 Å². The number of hydrogen-bond donors (Lipinski definition) is 0. The van der Waals surface area contributed by atoms with Crippen molar-refractivity contribution in [2.75, 3.05) is 37.9 Å². The summed E-state index contributed by atoms with van der Waals surface area (Å²) in [7, 11) is 0. The first-order chi connectivity index (χ1) is 14.0. The van der Waals surface area contributed by atoms with Crippen LogP contribution in [0.3, 0.4) is 0 Å². The second kappa shape index (κ2) is 15.1. The van der Waals surface area contributed by atoms with Gasteiger partial charge in [-0.2, -0.15) is 17.6 Å². The second-order valence-corrected chi connectivity index (χ2v) is 8.11. The van der Waals surface area contributed by atoms with Crippen molar-refractivity contribution in [2.45, 2.75) is 63.3 Å². The third-order valence-electron chi connectivity index (χ3n) is 3.47. The third kappa shape index (κ3) is 11.6. The van der Waals surface area contributed by atoms with Crippen LogP contribution in [0.25, 0.3) is 0 Å². The average molecular weight is 483 g/mol. The quantitative estimate of drug-likeness (QED) is 0.172. The highest BCUT2D eigenvalue weighted by Gasteiger charge is 2.58. The topological polar surface area (TPSA) is 71.1 Å². The van der Waals surface area contributed by atoms with Gasteiger partial charge in [-0.05, 0) is 27.7 Å². The van der Waals surface area contributed by atoms with Gasteiger partial charge in [0.1, 0.15) is 10.9 Å². The molecule has 2 unspecified atom stereocenters. The molecule has 0 bridgehead atoms. The number of halogens is 4. The molecule has 0 saturated heterocycles. The Morgan fingerprint density at radius 1 is 0.700 bits per heavy atom. The van der Waals surface area contributed by atoms with E-state index in [1.165, 1.54) is 13.8 Å². The van der Waals surface area contributed by atoms with E-state index in [4.69, 9.17) is 18.9 Å². The fraction of sp³-hybridized carbons (Fsp3) is 0.889. The first-order valence-electron chi connectivity index (χ1n) is 9.56. The number of alkyl halides is 4. The summed E-state index contributed by atoms with van der Waals surface area (Å²) >= 11 is 1.36. The number of carbonyl (C=O) groups is 2. The zero-order chi connectivity index (χ0) is 23.2. The molecule has 0 spiro atoms. The lowest BCUT2D eigenvalue weighted by molar-refractivity contribution is -0.227. The van der Waals surface area contributed by atoms with Crippen molar-refractivity contribution in [3.63, 3.8) is 0 Å². The van der Waals surface area contributed by atoms with E-state index in [9.17, 15) is 27.2 Å². The Morgan fingerprint density at radius 3 is 1.30 bits per heavy atom. The van der Waals surface area contributed by atoms with Crippen LogP contribution in [0, 0.1) is 0 Å². The first-order valence-corrected chi connectivity index (χ1v) is 11.7. The molecule has 0 aliphatic heterocycles. The lowest BCUT2D eigenvalue weighted by atomic mass is 10.1. The van der Waals surface area contributed by atoms with Crippen molar-refractivity contribution in [2.24, 2.45) is 0 Å². The molecule has 12 heteroatoms. The zero-order valence-electron chi connectivity index (χ0n) is 17.6. The Morgan fingerprint density at radius 2 is 1.03 bits per heavy atom. The van der Waals surface area contributed by atoms with Crippen molar-refractivity contribution < 1.29 is 46.1 Å². The van der Waals surface area contributed by atoms with Crippen LogP contribution >= 0.6 is 23.5 Å². The van der Waals surface area contributed by atoms with E-state index in [0.717, 1.165) is 0 Å². The normalized spacial score (nSPS) is 14.3. The summed E-state index contributed by atoms with van der Waals surface area (Å²) in [6.07, 6.45) is -2.58. The molecular formula is C18H30F4O6S2. The van der Waals surface area contributed by atoms with Gasteiger partial charge in [0.2, 0.25) is 0 Å². The van der Waals surface area contributed by atoms with Crippen LogP contribution in [-0.4, -0.2) is 72.6 Å². The van der Waals surface area contributed by atoms with E-state index in [1.54, 1.807) is 13.8 Å². The summed E-state index contributed by atoms with van der Waals surface area (Å²) in [6, 6.07) is 0. The number of hydrogen-bond acceptors (Lipinski definition) is 8. The number of carbonyl (C=O) groups excluding carboxylic acids is 2. The fourth-order valence-electron chi connectivity index (χ4n) is 2.15. The predicted molar refractivity (Wildman–Crippen MR) is 108 cm³/mol. The summed E-state index contributed by atoms with van der Waals surface area (Å²) < 4.78 is 77.4. The van der Waals surface area contributed by atoms with Crippen LogP contribution < -0.4 is 0 Å². The summed E-state index contributed by atoms with van der Waals surface area (Å²) in [4.78, 5) is 22.8. The monoisotopic (exact) mass is 482 g/mol. The van der Waals surface area contributed by atoms with Gasteiger partial charge >= 0.3 is 23.8 Å². The Hall–Kier alpha value is -0.720. The lowest BCUT2D eigenvalue weighted by Gasteiger charge is -2.31. The van der Waals surface area contributed by atoms with E-state index < -0.39 is 47.5 Å². The minimum Gasteiger partial charge on any atom is -0.465 e. The van der Waals surface area contributed by atoms with Gasteiger partial charge in [-0.1, -0.05) is 0 Å². The van der Waals surface area contributed by atoms with Crippen LogP contribution in [0.4, 0.5) is 17.6 Å². The molecule has 0 saturated carbocycles. The zero-order valence-corrected chi connectivity index (χ0v) is 19.2. The second-order valence-electron chi connectivity index (χ2n) is 5.82. The number of esters is 2. The molecule has 0 fully saturated rings. The smallest absolute Gasteiger partial charge is 0.315 e. The van der Waals surface area contributed by atoms with Crippen molar-refractivity contribution >= 4 is 35.5 Å². The molecule has 6 nitrogen and oxygen atoms in total. The SMILES string of the molecule is CCOC(=O)CSC(CC(F)(F)C(F)(F)CC(OCC)SCC(=O)OCC)OCC. The van der Waals surface area contributed by atoms with Crippen molar-refractivity contribution in [1.29, 1.82) is 0 Å². The van der Waals surface area contributed by atoms with Gasteiger partial charge in [0.15, 0.2) is 0 Å². The highest BCUT2D eigenvalue weighted by Crippen LogP contribution is 2.44. The molecule has 0 radical (unpaired) electrons. The third-order valence-corrected chi connectivity index (χ3v) is 5.62. The summed E-state index contributed by atoms with van der Waals surface area (Å²) in [5.41, 5.74) is -2.64. The highest BCUT2D eigenvalue weighted by molar-refractivity contribution is 8.00. The van der Waals surface area contributed by atoms with Crippen molar-refractivity contribution in [3.05, 3.63) is 0 Å². The molecule has 0 amide bonds. The minimum atomic E-state index is -4.42. The molecule has 0 rings (SSSR count). The maximum Gasteiger partial charge on any atom is 0.315 e. The molecule has 0 aromatic heterocycles. The van der Waals surface area contributed by atoms with E-state index in [0.29, 0.717) is 23.5 Å². The number of thioether (sulfide) groups is 2. The van der Waals surface area contributed by atoms with Gasteiger partial charge < -0.3 is 18.9 Å². The largest absolute Gasteiger partial charge is 0.465 e. The molecule has 0 N–H and O–H groups in total. The maximum absolute atomic E-state index is 14.5. The number of rotatable bonds is 17. The van der Waals surface area contributed by atoms with Crippen molar-refractivity contribution in [3.8, 4) is 0 Å². The van der Waals surface area contributed by atoms with E-state index in [-0.39, 0.29) is 37.9 Å². The van der Waals surface area contributed by atoms with Crippen LogP contribution in [0.1, 0.15) is 40.5 Å². The van der Waals surface area contributed by atoms with E-state index in [2.05, 4.69) is 0 Å². The van der Waals surface area contributed by atoms with Gasteiger partial charge in [0.25, 0.3) is 0 Å². The predicted octanol–water partition coefficient (Wildman–Crippen LogP) is 4.36. The summed E-state index contributed by atoms with van der Waals surface area (Å²) in [6.45, 7) is 6.51. The highest BCUT2D eigenvalue weighted by atomic mass is 32.2. The molecule has 0 aromatic carbocycles. The van der Waals surface area contributed by atoms with Gasteiger partial charge in [-0.3, -0.25) is 9.59 Å². The molecule has 0 aliphatic carbocycles. The van der Waals surface area contributed by atoms with E-state index >= 15 is 0 Å². The molecule has 0 aliphatic rings. The molecule has 0 heterocycles. The Balaban J connectivity index is 5.04. The Labute approximate surface area is 183 Å². The Bertz CT molecular complexity index is 467. The van der Waals surface area contributed by atoms with E-state index in [1.807, 2.05) is 0 Å². The Kier molecular flexibility index (Phi) is 14.8. The van der Waals surface area contributed by atoms with Gasteiger partial charge in [0.05, 0.1) is 37.6 Å². The van der Waals surface area contributed by atoms with Gasteiger partial charge in [0, 0.05) is 13.2 Å². The molecule has 2 atom stereocenters. The minimum absolute atomic E-state index is 0.0130. The van der Waals surface area contributed by atoms with Crippen LogP contribution in [0.5, 0.6) is 0 Å². The van der Waals surface area contributed by atoms with Crippen LogP contribution in [0.15, 0.2) is 0 Å². The summed E-state index contributed by atoms with van der Waals surface area (Å²) in [5.74, 6) is -10.7. The van der Waals surface area contributed by atoms with Gasteiger partial charge in [-0.15, -0.1) is 23.5 Å². The summed E-state index contributed by atoms with van der Waals surface area (Å²) in [5, 5.41) is 0. The maximum atomic E-state index is 14.5. The van der Waals surface area contributed by atoms with Crippen molar-refractivity contribution in [1.82, 2.24) is 0 Å². The molecule has 0 aromatic rings.